The molecule has 1 N–H and O–H groups in total. The third-order valence-corrected chi connectivity index (χ3v) is 4.47. The van der Waals surface area contributed by atoms with E-state index in [0.717, 1.165) is 30.6 Å². The fraction of sp³-hybridized carbons (Fsp3) is 0.444. The lowest BCUT2D eigenvalue weighted by atomic mass is 10.1. The first-order valence-corrected chi connectivity index (χ1v) is 9.44. The molecule has 27 heavy (non-hydrogen) atoms. The topological polar surface area (TPSA) is 108 Å². The summed E-state index contributed by atoms with van der Waals surface area (Å²) in [7, 11) is 0. The summed E-state index contributed by atoms with van der Waals surface area (Å²) < 4.78 is 14.5. The molecule has 0 atom stereocenters. The van der Waals surface area contributed by atoms with Gasteiger partial charge in [0.25, 0.3) is 5.91 Å². The predicted octanol–water partition coefficient (Wildman–Crippen LogP) is 2.40. The van der Waals surface area contributed by atoms with Crippen molar-refractivity contribution >= 4 is 40.2 Å². The molecule has 9 heteroatoms. The van der Waals surface area contributed by atoms with Crippen LogP contribution in [0.1, 0.15) is 48.5 Å². The highest BCUT2D eigenvalue weighted by atomic mass is 32.1. The lowest BCUT2D eigenvalue weighted by Gasteiger charge is -2.08. The van der Waals surface area contributed by atoms with Gasteiger partial charge in [-0.1, -0.05) is 0 Å². The third-order valence-electron chi connectivity index (χ3n) is 3.56. The number of hydrogen-bond acceptors (Lipinski definition) is 8. The van der Waals surface area contributed by atoms with Gasteiger partial charge in [-0.3, -0.25) is 4.79 Å². The maximum absolute atomic E-state index is 12.2. The first kappa shape index (κ1) is 20.6. The maximum atomic E-state index is 12.2. The van der Waals surface area contributed by atoms with Gasteiger partial charge < -0.3 is 19.5 Å². The Morgan fingerprint density at radius 3 is 2.30 bits per heavy atom. The molecule has 1 aliphatic rings. The number of nitrogens with one attached hydrogen (secondary N) is 1. The fourth-order valence-corrected chi connectivity index (χ4v) is 3.29. The summed E-state index contributed by atoms with van der Waals surface area (Å²) >= 11 is 1.23. The summed E-state index contributed by atoms with van der Waals surface area (Å²) in [4.78, 5) is 46.9. The summed E-state index contributed by atoms with van der Waals surface area (Å²) in [6.45, 7) is 3.22. The van der Waals surface area contributed by atoms with E-state index in [1.54, 1.807) is 13.8 Å². The minimum atomic E-state index is -0.853. The molecule has 1 aliphatic carbocycles. The van der Waals surface area contributed by atoms with E-state index in [1.165, 1.54) is 11.3 Å². The number of esters is 3. The second-order valence-corrected chi connectivity index (χ2v) is 6.51. The SMILES string of the molecule is CCOC(=O)/C=C/C(=O)OCC(=O)Nc1scc(C2CC2)c1C(=O)OCC. The van der Waals surface area contributed by atoms with Crippen LogP contribution in [0, 0.1) is 0 Å². The zero-order valence-corrected chi connectivity index (χ0v) is 15.9. The van der Waals surface area contributed by atoms with Crippen molar-refractivity contribution in [3.8, 4) is 0 Å². The first-order valence-electron chi connectivity index (χ1n) is 8.56. The molecular formula is C18H21NO7S. The quantitative estimate of drug-likeness (QED) is 0.388. The Hall–Kier alpha value is -2.68. The van der Waals surface area contributed by atoms with Crippen molar-refractivity contribution in [3.63, 3.8) is 0 Å². The molecule has 146 valence electrons. The monoisotopic (exact) mass is 395 g/mol. The summed E-state index contributed by atoms with van der Waals surface area (Å²) in [5.74, 6) is -2.29. The Bertz CT molecular complexity index is 749. The van der Waals surface area contributed by atoms with Crippen LogP contribution in [-0.2, 0) is 28.6 Å². The molecule has 0 aliphatic heterocycles. The Morgan fingerprint density at radius 2 is 1.70 bits per heavy atom. The van der Waals surface area contributed by atoms with Gasteiger partial charge in [-0.15, -0.1) is 11.3 Å². The van der Waals surface area contributed by atoms with Crippen LogP contribution in [0.15, 0.2) is 17.5 Å². The van der Waals surface area contributed by atoms with Gasteiger partial charge >= 0.3 is 17.9 Å². The molecule has 1 fully saturated rings. The maximum Gasteiger partial charge on any atom is 0.341 e. The zero-order valence-electron chi connectivity index (χ0n) is 15.1. The second kappa shape index (κ2) is 9.86. The molecule has 1 heterocycles. The molecule has 1 aromatic heterocycles. The van der Waals surface area contributed by atoms with E-state index in [4.69, 9.17) is 9.47 Å². The summed E-state index contributed by atoms with van der Waals surface area (Å²) in [6.07, 6.45) is 3.80. The third kappa shape index (κ3) is 6.21. The Kier molecular flexibility index (Phi) is 7.54. The molecule has 1 aromatic rings. The van der Waals surface area contributed by atoms with Crippen LogP contribution in [0.4, 0.5) is 5.00 Å². The van der Waals surface area contributed by atoms with Gasteiger partial charge in [0.15, 0.2) is 6.61 Å². The van der Waals surface area contributed by atoms with Crippen LogP contribution in [0.25, 0.3) is 0 Å². The van der Waals surface area contributed by atoms with Crippen molar-refractivity contribution in [1.82, 2.24) is 0 Å². The highest BCUT2D eigenvalue weighted by Gasteiger charge is 2.32. The van der Waals surface area contributed by atoms with Gasteiger partial charge in [-0.25, -0.2) is 14.4 Å². The van der Waals surface area contributed by atoms with Crippen molar-refractivity contribution in [1.29, 1.82) is 0 Å². The number of carbonyl (C=O) groups is 4. The van der Waals surface area contributed by atoms with Gasteiger partial charge in [0.2, 0.25) is 0 Å². The van der Waals surface area contributed by atoms with Crippen LogP contribution < -0.4 is 5.32 Å². The smallest absolute Gasteiger partial charge is 0.341 e. The molecular weight excluding hydrogens is 374 g/mol. The van der Waals surface area contributed by atoms with Crippen LogP contribution in [0.2, 0.25) is 0 Å². The Morgan fingerprint density at radius 1 is 1.07 bits per heavy atom. The van der Waals surface area contributed by atoms with Gasteiger partial charge in [0.1, 0.15) is 5.00 Å². The molecule has 0 spiro atoms. The standard InChI is InChI=1S/C18H21NO7S/c1-3-24-14(21)7-8-15(22)26-9-13(20)19-17-16(18(23)25-4-2)12(10-27-17)11-5-6-11/h7-8,10-11H,3-6,9H2,1-2H3,(H,19,20)/b8-7+. The number of anilines is 1. The molecule has 0 radical (unpaired) electrons. The minimum absolute atomic E-state index is 0.188. The number of hydrogen-bond donors (Lipinski definition) is 1. The van der Waals surface area contributed by atoms with Crippen molar-refractivity contribution in [2.24, 2.45) is 0 Å². The highest BCUT2D eigenvalue weighted by molar-refractivity contribution is 7.15. The number of thiophene rings is 1. The lowest BCUT2D eigenvalue weighted by molar-refractivity contribution is -0.143. The number of carbonyl (C=O) groups excluding carboxylic acids is 4. The molecule has 2 rings (SSSR count). The molecule has 0 aromatic carbocycles. The average molecular weight is 395 g/mol. The number of amides is 1. The molecule has 1 amide bonds. The predicted molar refractivity (Wildman–Crippen MR) is 97.6 cm³/mol. The second-order valence-electron chi connectivity index (χ2n) is 5.63. The summed E-state index contributed by atoms with van der Waals surface area (Å²) in [5, 5.41) is 4.79. The normalized spacial score (nSPS) is 13.3. The van der Waals surface area contributed by atoms with Crippen molar-refractivity contribution in [2.75, 3.05) is 25.1 Å². The van der Waals surface area contributed by atoms with E-state index in [2.05, 4.69) is 10.1 Å². The van der Waals surface area contributed by atoms with Crippen LogP contribution >= 0.6 is 11.3 Å². The Balaban J connectivity index is 1.93. The van der Waals surface area contributed by atoms with Crippen molar-refractivity contribution in [3.05, 3.63) is 28.7 Å². The van der Waals surface area contributed by atoms with Crippen LogP contribution in [0.5, 0.6) is 0 Å². The van der Waals surface area contributed by atoms with E-state index in [9.17, 15) is 19.2 Å². The van der Waals surface area contributed by atoms with E-state index in [0.29, 0.717) is 16.5 Å². The minimum Gasteiger partial charge on any atom is -0.463 e. The van der Waals surface area contributed by atoms with Crippen molar-refractivity contribution < 1.29 is 33.4 Å². The van der Waals surface area contributed by atoms with Gasteiger partial charge in [-0.05, 0) is 43.6 Å². The number of ether oxygens (including phenoxy) is 3. The van der Waals surface area contributed by atoms with Gasteiger partial charge in [-0.2, -0.15) is 0 Å². The Labute approximate surface area is 160 Å². The van der Waals surface area contributed by atoms with E-state index in [-0.39, 0.29) is 13.2 Å². The van der Waals surface area contributed by atoms with Gasteiger partial charge in [0.05, 0.1) is 18.8 Å². The summed E-state index contributed by atoms with van der Waals surface area (Å²) in [6, 6.07) is 0. The van der Waals surface area contributed by atoms with Crippen molar-refractivity contribution in [2.45, 2.75) is 32.6 Å². The van der Waals surface area contributed by atoms with Crippen LogP contribution in [0.3, 0.4) is 0 Å². The molecule has 8 nitrogen and oxygen atoms in total. The van der Waals surface area contributed by atoms with E-state index >= 15 is 0 Å². The largest absolute Gasteiger partial charge is 0.463 e. The fourth-order valence-electron chi connectivity index (χ4n) is 2.25. The lowest BCUT2D eigenvalue weighted by Crippen LogP contribution is -2.21. The van der Waals surface area contributed by atoms with E-state index in [1.807, 2.05) is 5.38 Å². The van der Waals surface area contributed by atoms with E-state index < -0.39 is 30.4 Å². The summed E-state index contributed by atoms with van der Waals surface area (Å²) in [5.41, 5.74) is 1.24. The first-order chi connectivity index (χ1) is 13.0. The zero-order chi connectivity index (χ0) is 19.8. The number of rotatable bonds is 9. The highest BCUT2D eigenvalue weighted by Crippen LogP contribution is 2.46. The average Bonchev–Trinajstić information content (AvgIpc) is 3.39. The molecule has 0 unspecified atom stereocenters. The van der Waals surface area contributed by atoms with Crippen LogP contribution in [-0.4, -0.2) is 43.6 Å². The molecule has 0 saturated heterocycles. The van der Waals surface area contributed by atoms with Gasteiger partial charge in [0, 0.05) is 12.2 Å². The molecule has 0 bridgehead atoms. The molecule has 1 saturated carbocycles.